The summed E-state index contributed by atoms with van der Waals surface area (Å²) in [5.41, 5.74) is 4.61. The minimum Gasteiger partial charge on any atom is -0.374 e. The van der Waals surface area contributed by atoms with Gasteiger partial charge >= 0.3 is 0 Å². The first-order valence-electron chi connectivity index (χ1n) is 6.35. The number of rotatable bonds is 5. The lowest BCUT2D eigenvalue weighted by Crippen LogP contribution is -2.34. The Kier molecular flexibility index (Phi) is 4.90. The fourth-order valence-corrected chi connectivity index (χ4v) is 2.26. The van der Waals surface area contributed by atoms with Crippen LogP contribution in [-0.4, -0.2) is 18.2 Å². The van der Waals surface area contributed by atoms with Crippen molar-refractivity contribution in [3.05, 3.63) is 52.2 Å². The highest BCUT2D eigenvalue weighted by atomic mass is 32.1. The molecule has 0 bridgehead atoms. The van der Waals surface area contributed by atoms with Gasteiger partial charge in [0.1, 0.15) is 6.04 Å². The number of carbonyl (C=O) groups is 1. The number of nitrogens with zero attached hydrogens (tertiary/aromatic N) is 1. The normalized spacial score (nSPS) is 12.3. The second kappa shape index (κ2) is 6.86. The van der Waals surface area contributed by atoms with Gasteiger partial charge in [-0.2, -0.15) is 5.10 Å². The molecule has 2 rings (SSSR count). The molecule has 1 aromatic carbocycles. The number of hydrazone groups is 1. The second-order valence-corrected chi connectivity index (χ2v) is 5.46. The number of hydrogen-bond donors (Lipinski definition) is 2. The van der Waals surface area contributed by atoms with Gasteiger partial charge in [0.2, 0.25) is 0 Å². The Bertz CT molecular complexity index is 593. The average Bonchev–Trinajstić information content (AvgIpc) is 2.91. The first-order chi connectivity index (χ1) is 9.65. The molecule has 0 saturated carbocycles. The lowest BCUT2D eigenvalue weighted by atomic mass is 10.2. The molecular formula is C15H17N3OS. The lowest BCUT2D eigenvalue weighted by molar-refractivity contribution is -0.121. The summed E-state index contributed by atoms with van der Waals surface area (Å²) in [5.74, 6) is -0.167. The number of nitrogens with one attached hydrogen (secondary N) is 2. The van der Waals surface area contributed by atoms with Crippen LogP contribution in [0.4, 0.5) is 5.69 Å². The molecule has 104 valence electrons. The van der Waals surface area contributed by atoms with Crippen LogP contribution in [0.1, 0.15) is 17.4 Å². The van der Waals surface area contributed by atoms with Crippen LogP contribution in [0.2, 0.25) is 0 Å². The number of thiophene rings is 1. The molecule has 1 atom stereocenters. The number of carbonyl (C=O) groups excluding carboxylic acids is 1. The third-order valence-corrected chi connectivity index (χ3v) is 3.51. The molecule has 5 heteroatoms. The van der Waals surface area contributed by atoms with Gasteiger partial charge in [0.05, 0.1) is 6.21 Å². The largest absolute Gasteiger partial charge is 0.374 e. The van der Waals surface area contributed by atoms with E-state index in [2.05, 4.69) is 15.8 Å². The zero-order valence-corrected chi connectivity index (χ0v) is 12.3. The summed E-state index contributed by atoms with van der Waals surface area (Å²) in [6, 6.07) is 11.4. The number of hydrogen-bond acceptors (Lipinski definition) is 4. The Labute approximate surface area is 122 Å². The van der Waals surface area contributed by atoms with Crippen LogP contribution in [0.3, 0.4) is 0 Å². The van der Waals surface area contributed by atoms with Gasteiger partial charge in [-0.1, -0.05) is 18.2 Å². The highest BCUT2D eigenvalue weighted by Gasteiger charge is 2.11. The van der Waals surface area contributed by atoms with Gasteiger partial charge in [-0.05, 0) is 43.0 Å². The zero-order valence-electron chi connectivity index (χ0n) is 11.5. The molecule has 4 nitrogen and oxygen atoms in total. The van der Waals surface area contributed by atoms with Crippen molar-refractivity contribution in [1.82, 2.24) is 5.43 Å². The van der Waals surface area contributed by atoms with Gasteiger partial charge in [0, 0.05) is 10.6 Å². The van der Waals surface area contributed by atoms with Gasteiger partial charge < -0.3 is 5.32 Å². The lowest BCUT2D eigenvalue weighted by Gasteiger charge is -2.13. The Hall–Kier alpha value is -2.14. The second-order valence-electron chi connectivity index (χ2n) is 4.49. The summed E-state index contributed by atoms with van der Waals surface area (Å²) in [4.78, 5) is 12.9. The Balaban J connectivity index is 1.86. The zero-order chi connectivity index (χ0) is 14.4. The summed E-state index contributed by atoms with van der Waals surface area (Å²) in [6.45, 7) is 3.82. The van der Waals surface area contributed by atoms with Crippen molar-refractivity contribution in [2.75, 3.05) is 5.32 Å². The van der Waals surface area contributed by atoms with E-state index < -0.39 is 0 Å². The minimum atomic E-state index is -0.350. The third-order valence-electron chi connectivity index (χ3n) is 2.70. The molecule has 20 heavy (non-hydrogen) atoms. The monoisotopic (exact) mass is 287 g/mol. The summed E-state index contributed by atoms with van der Waals surface area (Å²) in [6.07, 6.45) is 1.64. The van der Waals surface area contributed by atoms with E-state index in [9.17, 15) is 4.79 Å². The van der Waals surface area contributed by atoms with Crippen molar-refractivity contribution in [2.24, 2.45) is 5.10 Å². The predicted molar refractivity (Wildman–Crippen MR) is 84.3 cm³/mol. The minimum absolute atomic E-state index is 0.167. The maximum atomic E-state index is 11.9. The number of aryl methyl sites for hydroxylation is 1. The highest BCUT2D eigenvalue weighted by molar-refractivity contribution is 7.11. The van der Waals surface area contributed by atoms with E-state index >= 15 is 0 Å². The number of amides is 1. The van der Waals surface area contributed by atoms with Crippen LogP contribution in [-0.2, 0) is 4.79 Å². The van der Waals surface area contributed by atoms with E-state index in [4.69, 9.17) is 0 Å². The molecular weight excluding hydrogens is 270 g/mol. The Morgan fingerprint density at radius 3 is 2.90 bits per heavy atom. The molecule has 1 heterocycles. The number of benzene rings is 1. The van der Waals surface area contributed by atoms with Crippen LogP contribution >= 0.6 is 11.3 Å². The molecule has 0 radical (unpaired) electrons. The van der Waals surface area contributed by atoms with Crippen molar-refractivity contribution in [3.8, 4) is 0 Å². The van der Waals surface area contributed by atoms with E-state index in [1.807, 2.05) is 48.7 Å². The summed E-state index contributed by atoms with van der Waals surface area (Å²) in [5, 5.41) is 9.05. The molecule has 0 aliphatic carbocycles. The van der Waals surface area contributed by atoms with Crippen LogP contribution in [0.15, 0.2) is 46.9 Å². The Morgan fingerprint density at radius 1 is 1.35 bits per heavy atom. The van der Waals surface area contributed by atoms with Crippen LogP contribution in [0, 0.1) is 6.92 Å². The molecule has 2 aromatic rings. The SMILES string of the molecule is Cc1cccc(N[C@H](C)C(=O)N/N=C\c2cccs2)c1. The molecule has 0 unspecified atom stereocenters. The molecule has 0 fully saturated rings. The van der Waals surface area contributed by atoms with Crippen LogP contribution < -0.4 is 10.7 Å². The standard InChI is InChI=1S/C15H17N3OS/c1-11-5-3-6-13(9-11)17-12(2)15(19)18-16-10-14-7-4-8-20-14/h3-10,12,17H,1-2H3,(H,18,19)/b16-10-/t12-/m1/s1. The summed E-state index contributed by atoms with van der Waals surface area (Å²) in [7, 11) is 0. The van der Waals surface area contributed by atoms with E-state index in [-0.39, 0.29) is 11.9 Å². The van der Waals surface area contributed by atoms with Crippen molar-refractivity contribution >= 4 is 29.1 Å². The highest BCUT2D eigenvalue weighted by Crippen LogP contribution is 2.10. The molecule has 0 saturated heterocycles. The first-order valence-corrected chi connectivity index (χ1v) is 7.23. The van der Waals surface area contributed by atoms with E-state index in [0.29, 0.717) is 0 Å². The molecule has 0 aliphatic heterocycles. The van der Waals surface area contributed by atoms with Crippen molar-refractivity contribution in [2.45, 2.75) is 19.9 Å². The molecule has 1 amide bonds. The van der Waals surface area contributed by atoms with Crippen molar-refractivity contribution < 1.29 is 4.79 Å². The van der Waals surface area contributed by atoms with E-state index in [0.717, 1.165) is 16.1 Å². The summed E-state index contributed by atoms with van der Waals surface area (Å²) < 4.78 is 0. The van der Waals surface area contributed by atoms with Crippen LogP contribution in [0.5, 0.6) is 0 Å². The van der Waals surface area contributed by atoms with Crippen LogP contribution in [0.25, 0.3) is 0 Å². The molecule has 0 spiro atoms. The third kappa shape index (κ3) is 4.20. The fraction of sp³-hybridized carbons (Fsp3) is 0.200. The van der Waals surface area contributed by atoms with Gasteiger partial charge in [-0.15, -0.1) is 11.3 Å². The molecule has 0 aliphatic rings. The summed E-state index contributed by atoms with van der Waals surface area (Å²) >= 11 is 1.57. The van der Waals surface area contributed by atoms with Crippen molar-refractivity contribution in [3.63, 3.8) is 0 Å². The van der Waals surface area contributed by atoms with Gasteiger partial charge in [0.25, 0.3) is 5.91 Å². The number of anilines is 1. The van der Waals surface area contributed by atoms with Crippen molar-refractivity contribution in [1.29, 1.82) is 0 Å². The maximum Gasteiger partial charge on any atom is 0.262 e. The fourth-order valence-electron chi connectivity index (χ4n) is 1.67. The van der Waals surface area contributed by atoms with Gasteiger partial charge in [-0.3, -0.25) is 4.79 Å². The smallest absolute Gasteiger partial charge is 0.262 e. The Morgan fingerprint density at radius 2 is 2.20 bits per heavy atom. The van der Waals surface area contributed by atoms with E-state index in [1.54, 1.807) is 24.5 Å². The van der Waals surface area contributed by atoms with Gasteiger partial charge in [-0.25, -0.2) is 5.43 Å². The quantitative estimate of drug-likeness (QED) is 0.656. The molecule has 1 aromatic heterocycles. The topological polar surface area (TPSA) is 53.5 Å². The van der Waals surface area contributed by atoms with E-state index in [1.165, 1.54) is 0 Å². The average molecular weight is 287 g/mol. The van der Waals surface area contributed by atoms with Gasteiger partial charge in [0.15, 0.2) is 0 Å². The molecule has 2 N–H and O–H groups in total. The first kappa shape index (κ1) is 14.3. The maximum absolute atomic E-state index is 11.9. The predicted octanol–water partition coefficient (Wildman–Crippen LogP) is 3.01.